The highest BCUT2D eigenvalue weighted by Gasteiger charge is 2.53. The lowest BCUT2D eigenvalue weighted by molar-refractivity contribution is -0.968. The number of piperidine rings is 1. The van der Waals surface area contributed by atoms with Crippen LogP contribution in [0.3, 0.4) is 0 Å². The number of esters is 1. The summed E-state index contributed by atoms with van der Waals surface area (Å²) in [5.74, 6) is -0.856. The van der Waals surface area contributed by atoms with Gasteiger partial charge in [-0.2, -0.15) is 0 Å². The Morgan fingerprint density at radius 2 is 1.70 bits per heavy atom. The van der Waals surface area contributed by atoms with E-state index in [2.05, 4.69) is 20.9 Å². The summed E-state index contributed by atoms with van der Waals surface area (Å²) in [7, 11) is 2.37. The topological polar surface area (TPSA) is 78.0 Å². The number of nitrogens with zero attached hydrogens (tertiary/aromatic N) is 1. The minimum atomic E-state index is -0.572. The number of fused-ring (bicyclic) bond motifs is 2. The van der Waals surface area contributed by atoms with Crippen LogP contribution < -0.4 is 17.0 Å². The number of aliphatic hydroxyl groups excluding tert-OH is 1. The number of halogens is 2. The van der Waals surface area contributed by atoms with Crippen molar-refractivity contribution < 1.29 is 41.6 Å². The molecule has 2 heterocycles. The minimum Gasteiger partial charge on any atom is -1.00 e. The van der Waals surface area contributed by atoms with Crippen LogP contribution in [0.25, 0.3) is 0 Å². The Hall–Kier alpha value is -0.660. The Balaban J connectivity index is 0.00000225. The van der Waals surface area contributed by atoms with Gasteiger partial charge in [0.05, 0.1) is 31.8 Å². The summed E-state index contributed by atoms with van der Waals surface area (Å²) >= 11 is 0. The molecule has 5 nitrogen and oxygen atoms in total. The quantitative estimate of drug-likeness (QED) is 0.467. The molecule has 1 aromatic carbocycles. The number of quaternary nitrogens is 1. The van der Waals surface area contributed by atoms with Gasteiger partial charge in [-0.1, -0.05) is 30.3 Å². The second kappa shape index (κ2) is 10.8. The molecule has 0 aromatic heterocycles. The standard InChI is InChI=1S/C20H30NO3.BrH.ClH.H2O/c1-14(2)21(3)16-9-10-17(21)12-18(11-16)24-20(23)19(13-22)15-7-5-4-6-8-15;;;/h4-8,14,16-19,22H,9-13H2,1-3H3;2*1H;1H2/q+1;;;/p-1/t16-,17+,18?,19?,21?;;;. The molecule has 0 amide bonds. The lowest BCUT2D eigenvalue weighted by atomic mass is 9.94. The van der Waals surface area contributed by atoms with Crippen molar-refractivity contribution in [3.63, 3.8) is 0 Å². The van der Waals surface area contributed by atoms with Crippen LogP contribution in [0.1, 0.15) is 51.0 Å². The number of carbonyl (C=O) groups is 1. The largest absolute Gasteiger partial charge is 1.00 e. The number of aliphatic hydroxyl groups is 1. The highest BCUT2D eigenvalue weighted by Crippen LogP contribution is 2.44. The van der Waals surface area contributed by atoms with Crippen LogP contribution in [-0.4, -0.2) is 58.9 Å². The summed E-state index contributed by atoms with van der Waals surface area (Å²) in [6.07, 6.45) is 4.36. The van der Waals surface area contributed by atoms with E-state index < -0.39 is 5.92 Å². The summed E-state index contributed by atoms with van der Waals surface area (Å²) in [5, 5.41) is 9.65. The third-order valence-electron chi connectivity index (χ3n) is 6.54. The van der Waals surface area contributed by atoms with E-state index in [1.54, 1.807) is 0 Å². The van der Waals surface area contributed by atoms with Crippen molar-refractivity contribution >= 4 is 18.4 Å². The maximum absolute atomic E-state index is 12.6. The van der Waals surface area contributed by atoms with E-state index in [0.717, 1.165) is 22.9 Å². The van der Waals surface area contributed by atoms with Crippen LogP contribution in [0, 0.1) is 0 Å². The molecule has 7 heteroatoms. The molecule has 156 valence electrons. The SMILES string of the molecule is CC(C)[N+]1(C)[C@@H]2CC[C@H]1CC(OC(=O)C(CO)c1ccccc1)C2.Cl.O.[Br-]. The Bertz CT molecular complexity index is 573. The molecule has 0 aliphatic carbocycles. The zero-order valence-corrected chi connectivity index (χ0v) is 18.7. The van der Waals surface area contributed by atoms with Gasteiger partial charge < -0.3 is 36.8 Å². The van der Waals surface area contributed by atoms with Crippen LogP contribution >= 0.6 is 12.4 Å². The predicted molar refractivity (Wildman–Crippen MR) is 104 cm³/mol. The Morgan fingerprint density at radius 3 is 2.15 bits per heavy atom. The van der Waals surface area contributed by atoms with Gasteiger partial charge in [-0.25, -0.2) is 0 Å². The maximum Gasteiger partial charge on any atom is 0.316 e. The molecular formula is C20H33BrClNO4. The third-order valence-corrected chi connectivity index (χ3v) is 6.54. The number of rotatable bonds is 5. The van der Waals surface area contributed by atoms with Gasteiger partial charge in [0.2, 0.25) is 0 Å². The summed E-state index contributed by atoms with van der Waals surface area (Å²) in [5.41, 5.74) is 0.826. The van der Waals surface area contributed by atoms with Gasteiger partial charge in [0.25, 0.3) is 0 Å². The van der Waals surface area contributed by atoms with Crippen LogP contribution in [-0.2, 0) is 9.53 Å². The van der Waals surface area contributed by atoms with Crippen LogP contribution in [0.15, 0.2) is 30.3 Å². The van der Waals surface area contributed by atoms with Crippen LogP contribution in [0.4, 0.5) is 0 Å². The average Bonchev–Trinajstić information content (AvgIpc) is 2.74. The first-order chi connectivity index (χ1) is 11.5. The van der Waals surface area contributed by atoms with Gasteiger partial charge in [-0.05, 0) is 19.4 Å². The highest BCUT2D eigenvalue weighted by molar-refractivity contribution is 5.85. The predicted octanol–water partition coefficient (Wildman–Crippen LogP) is -0.545. The number of carbonyl (C=O) groups excluding carboxylic acids is 1. The molecule has 3 N–H and O–H groups in total. The Labute approximate surface area is 179 Å². The molecule has 2 aliphatic rings. The molecule has 0 spiro atoms. The first kappa shape index (κ1) is 26.3. The average molecular weight is 467 g/mol. The molecule has 3 rings (SSSR count). The third kappa shape index (κ3) is 5.04. The molecule has 2 saturated heterocycles. The lowest BCUT2D eigenvalue weighted by Crippen LogP contribution is -3.00. The van der Waals surface area contributed by atoms with Gasteiger partial charge in [-0.3, -0.25) is 4.79 Å². The van der Waals surface area contributed by atoms with Crippen molar-refractivity contribution in [3.8, 4) is 0 Å². The first-order valence-electron chi connectivity index (χ1n) is 9.18. The molecule has 3 unspecified atom stereocenters. The van der Waals surface area contributed by atoms with Crippen molar-refractivity contribution in [2.75, 3.05) is 13.7 Å². The monoisotopic (exact) mass is 465 g/mol. The molecule has 2 aliphatic heterocycles. The lowest BCUT2D eigenvalue weighted by Gasteiger charge is -2.49. The number of hydrogen-bond acceptors (Lipinski definition) is 3. The molecular weight excluding hydrogens is 434 g/mol. The van der Waals surface area contributed by atoms with Crippen molar-refractivity contribution in [1.82, 2.24) is 0 Å². The Kier molecular flexibility index (Phi) is 10.5. The van der Waals surface area contributed by atoms with E-state index in [9.17, 15) is 9.90 Å². The molecule has 2 fully saturated rings. The van der Waals surface area contributed by atoms with Gasteiger partial charge >= 0.3 is 5.97 Å². The molecule has 5 atom stereocenters. The van der Waals surface area contributed by atoms with E-state index in [1.807, 2.05) is 30.3 Å². The van der Waals surface area contributed by atoms with E-state index >= 15 is 0 Å². The molecule has 27 heavy (non-hydrogen) atoms. The molecule has 0 radical (unpaired) electrons. The second-order valence-corrected chi connectivity index (χ2v) is 7.88. The summed E-state index contributed by atoms with van der Waals surface area (Å²) in [6, 6.07) is 11.2. The number of ether oxygens (including phenoxy) is 1. The van der Waals surface area contributed by atoms with Crippen LogP contribution in [0.2, 0.25) is 0 Å². The van der Waals surface area contributed by atoms with E-state index in [0.29, 0.717) is 18.1 Å². The normalized spacial score (nSPS) is 29.7. The van der Waals surface area contributed by atoms with Crippen molar-refractivity contribution in [2.45, 2.75) is 69.7 Å². The highest BCUT2D eigenvalue weighted by atomic mass is 79.9. The van der Waals surface area contributed by atoms with E-state index in [1.165, 1.54) is 12.8 Å². The fourth-order valence-electron chi connectivity index (χ4n) is 4.82. The van der Waals surface area contributed by atoms with Crippen LogP contribution in [0.5, 0.6) is 0 Å². The van der Waals surface area contributed by atoms with Crippen molar-refractivity contribution in [1.29, 1.82) is 0 Å². The second-order valence-electron chi connectivity index (χ2n) is 7.88. The van der Waals surface area contributed by atoms with Crippen molar-refractivity contribution in [3.05, 3.63) is 35.9 Å². The molecule has 2 bridgehead atoms. The molecule has 1 aromatic rings. The molecule has 0 saturated carbocycles. The smallest absolute Gasteiger partial charge is 0.316 e. The number of benzene rings is 1. The maximum atomic E-state index is 12.6. The number of hydrogen-bond donors (Lipinski definition) is 1. The fourth-order valence-corrected chi connectivity index (χ4v) is 4.82. The van der Waals surface area contributed by atoms with Crippen molar-refractivity contribution in [2.24, 2.45) is 0 Å². The van der Waals surface area contributed by atoms with Gasteiger partial charge in [0.15, 0.2) is 0 Å². The van der Waals surface area contributed by atoms with Gasteiger partial charge in [0, 0.05) is 25.7 Å². The summed E-state index contributed by atoms with van der Waals surface area (Å²) in [4.78, 5) is 12.6. The van der Waals surface area contributed by atoms with Gasteiger partial charge in [0.1, 0.15) is 12.0 Å². The summed E-state index contributed by atoms with van der Waals surface area (Å²) < 4.78 is 6.96. The van der Waals surface area contributed by atoms with E-state index in [-0.39, 0.29) is 53.5 Å². The zero-order chi connectivity index (χ0) is 17.3. The Morgan fingerprint density at radius 1 is 1.19 bits per heavy atom. The van der Waals surface area contributed by atoms with Gasteiger partial charge in [-0.15, -0.1) is 12.4 Å². The zero-order valence-electron chi connectivity index (χ0n) is 16.3. The van der Waals surface area contributed by atoms with E-state index in [4.69, 9.17) is 4.74 Å². The minimum absolute atomic E-state index is 0. The first-order valence-corrected chi connectivity index (χ1v) is 9.18. The fraction of sp³-hybridized carbons (Fsp3) is 0.650. The summed E-state index contributed by atoms with van der Waals surface area (Å²) in [6.45, 7) is 4.39.